The summed E-state index contributed by atoms with van der Waals surface area (Å²) in [5.74, 6) is -0.327. The van der Waals surface area contributed by atoms with Gasteiger partial charge in [-0.15, -0.1) is 0 Å². The molecule has 0 heterocycles. The molecule has 17 heavy (non-hydrogen) atoms. The number of esters is 1. The van der Waals surface area contributed by atoms with Crippen LogP contribution in [0.1, 0.15) is 25.7 Å². The van der Waals surface area contributed by atoms with Crippen molar-refractivity contribution in [2.45, 2.75) is 38.5 Å². The van der Waals surface area contributed by atoms with Crippen LogP contribution in [-0.2, 0) is 14.3 Å². The molecule has 7 heteroatoms. The lowest BCUT2D eigenvalue weighted by atomic mass is 9.68. The van der Waals surface area contributed by atoms with Gasteiger partial charge in [0.05, 0.1) is 19.2 Å². The van der Waals surface area contributed by atoms with E-state index in [1.165, 1.54) is 14.5 Å². The minimum Gasteiger partial charge on any atom is -0.469 e. The molecule has 2 atom stereocenters. The van der Waals surface area contributed by atoms with Crippen LogP contribution in [0.5, 0.6) is 0 Å². The third-order valence-corrected chi connectivity index (χ3v) is 3.27. The lowest BCUT2D eigenvalue weighted by Crippen LogP contribution is -2.50. The summed E-state index contributed by atoms with van der Waals surface area (Å²) >= 11 is 0. The summed E-state index contributed by atoms with van der Waals surface area (Å²) in [7, 11) is 2.01. The third kappa shape index (κ3) is 3.85. The molecule has 93 valence electrons. The molecular weight excluding hydrogens is 220 g/mol. The van der Waals surface area contributed by atoms with Crippen LogP contribution in [0.2, 0.25) is 6.82 Å². The van der Waals surface area contributed by atoms with Crippen LogP contribution in [-0.4, -0.2) is 49.5 Å². The van der Waals surface area contributed by atoms with Crippen LogP contribution >= 0.6 is 0 Å². The molecule has 0 unspecified atom stereocenters. The van der Waals surface area contributed by atoms with E-state index in [1.807, 2.05) is 0 Å². The second kappa shape index (κ2) is 6.81. The molecular formula is C10H18B2NO4. The average molecular weight is 238 g/mol. The van der Waals surface area contributed by atoms with Crippen molar-refractivity contribution in [2.75, 3.05) is 7.11 Å². The lowest BCUT2D eigenvalue weighted by Gasteiger charge is -2.36. The Morgan fingerprint density at radius 2 is 2.29 bits per heavy atom. The molecule has 1 saturated carbocycles. The number of methoxy groups -OCH3 is 1. The van der Waals surface area contributed by atoms with Gasteiger partial charge in [-0.05, 0) is 32.1 Å². The number of carbonyl (C=O) groups is 2. The van der Waals surface area contributed by atoms with E-state index in [-0.39, 0.29) is 17.9 Å². The molecule has 1 fully saturated rings. The first-order valence-corrected chi connectivity index (χ1v) is 5.92. The smallest absolute Gasteiger partial charge is 0.365 e. The van der Waals surface area contributed by atoms with Gasteiger partial charge in [0.1, 0.15) is 0 Å². The third-order valence-electron chi connectivity index (χ3n) is 3.27. The van der Waals surface area contributed by atoms with Gasteiger partial charge in [-0.3, -0.25) is 4.79 Å². The van der Waals surface area contributed by atoms with E-state index < -0.39 is 7.05 Å². The van der Waals surface area contributed by atoms with Gasteiger partial charge in [0, 0.05) is 0 Å². The first-order chi connectivity index (χ1) is 8.10. The summed E-state index contributed by atoms with van der Waals surface area (Å²) in [6.45, 7) is 1.61. The fourth-order valence-corrected chi connectivity index (χ4v) is 2.44. The normalized spacial score (nSPS) is 24.2. The summed E-state index contributed by atoms with van der Waals surface area (Å²) in [4.78, 5) is 22.0. The first-order valence-electron chi connectivity index (χ1n) is 5.92. The maximum Gasteiger partial charge on any atom is 0.365 e. The van der Waals surface area contributed by atoms with E-state index >= 15 is 0 Å². The monoisotopic (exact) mass is 238 g/mol. The Bertz CT molecular complexity index is 275. The number of hydrogen-bond donors (Lipinski definition) is 1. The van der Waals surface area contributed by atoms with Crippen molar-refractivity contribution in [1.29, 1.82) is 0 Å². The van der Waals surface area contributed by atoms with Crippen LogP contribution in [0.15, 0.2) is 0 Å². The fourth-order valence-electron chi connectivity index (χ4n) is 2.44. The predicted molar refractivity (Wildman–Crippen MR) is 65.9 cm³/mol. The summed E-state index contributed by atoms with van der Waals surface area (Å²) < 4.78 is 6.35. The number of rotatable bonds is 5. The Balaban J connectivity index is 2.63. The van der Waals surface area contributed by atoms with Crippen LogP contribution < -0.4 is 0 Å². The van der Waals surface area contributed by atoms with Crippen molar-refractivity contribution in [2.24, 2.45) is 5.92 Å². The van der Waals surface area contributed by atoms with E-state index in [2.05, 4.69) is 0 Å². The van der Waals surface area contributed by atoms with Gasteiger partial charge >= 0.3 is 13.0 Å². The second-order valence-electron chi connectivity index (χ2n) is 4.40. The standard InChI is InChI=1S/C10H18B2NO4/c1-12(16)13(11-7-14)9-5-3-4-8(6-9)10(15)17-2/h7-9,16H,3-6H2,1-2H3/t8-,9-/m1/s1. The van der Waals surface area contributed by atoms with Crippen molar-refractivity contribution < 1.29 is 19.3 Å². The molecule has 5 nitrogen and oxygen atoms in total. The quantitative estimate of drug-likeness (QED) is 0.412. The molecule has 0 aromatic rings. The molecule has 0 bridgehead atoms. The first kappa shape index (κ1) is 14.3. The maximum atomic E-state index is 11.5. The van der Waals surface area contributed by atoms with Gasteiger partial charge < -0.3 is 19.3 Å². The van der Waals surface area contributed by atoms with Gasteiger partial charge in [0.25, 0.3) is 7.41 Å². The van der Waals surface area contributed by atoms with Gasteiger partial charge in [0.2, 0.25) is 0 Å². The SMILES string of the molecule is COC(=O)[C@@H]1CCC[C@@H](N([B]C=O)B(C)O)C1. The van der Waals surface area contributed by atoms with Gasteiger partial charge in [0.15, 0.2) is 0 Å². The van der Waals surface area contributed by atoms with Crippen LogP contribution in [0.3, 0.4) is 0 Å². The molecule has 1 radical (unpaired) electrons. The number of ether oxygens (including phenoxy) is 1. The second-order valence-corrected chi connectivity index (χ2v) is 4.40. The number of hydrogen-bond acceptors (Lipinski definition) is 5. The molecule has 1 N–H and O–H groups in total. The molecule has 0 amide bonds. The van der Waals surface area contributed by atoms with Crippen LogP contribution in [0, 0.1) is 5.92 Å². The van der Waals surface area contributed by atoms with Crippen molar-refractivity contribution in [3.63, 3.8) is 0 Å². The van der Waals surface area contributed by atoms with E-state index in [4.69, 9.17) is 4.74 Å². The van der Waals surface area contributed by atoms with Gasteiger partial charge in [-0.2, -0.15) is 0 Å². The molecule has 1 aliphatic carbocycles. The van der Waals surface area contributed by atoms with Crippen molar-refractivity contribution in [3.05, 3.63) is 0 Å². The molecule has 0 aliphatic heterocycles. The molecule has 1 aliphatic rings. The summed E-state index contributed by atoms with van der Waals surface area (Å²) in [6.07, 6.45) is 3.89. The maximum absolute atomic E-state index is 11.5. The Morgan fingerprint density at radius 3 is 2.82 bits per heavy atom. The fraction of sp³-hybridized carbons (Fsp3) is 0.800. The predicted octanol–water partition coefficient (Wildman–Crippen LogP) is -0.0601. The Labute approximate surface area is 103 Å². The zero-order valence-corrected chi connectivity index (χ0v) is 10.3. The van der Waals surface area contributed by atoms with Crippen LogP contribution in [0.25, 0.3) is 0 Å². The summed E-state index contributed by atoms with van der Waals surface area (Å²) in [5, 5.41) is 9.60. The molecule has 0 saturated heterocycles. The van der Waals surface area contributed by atoms with Gasteiger partial charge in [-0.1, -0.05) is 6.42 Å². The molecule has 0 aromatic heterocycles. The topological polar surface area (TPSA) is 66.8 Å². The van der Waals surface area contributed by atoms with Crippen molar-refractivity contribution in [1.82, 2.24) is 4.72 Å². The summed E-state index contributed by atoms with van der Waals surface area (Å²) in [6, 6.07) is 0.0260. The summed E-state index contributed by atoms with van der Waals surface area (Å²) in [5.41, 5.74) is 0. The highest BCUT2D eigenvalue weighted by atomic mass is 16.5. The van der Waals surface area contributed by atoms with Crippen LogP contribution in [0.4, 0.5) is 0 Å². The van der Waals surface area contributed by atoms with E-state index in [1.54, 1.807) is 11.5 Å². The molecule has 0 spiro atoms. The van der Waals surface area contributed by atoms with Crippen molar-refractivity contribution >= 4 is 26.6 Å². The van der Waals surface area contributed by atoms with E-state index in [0.717, 1.165) is 19.3 Å². The van der Waals surface area contributed by atoms with E-state index in [0.29, 0.717) is 12.6 Å². The molecule has 0 aromatic carbocycles. The van der Waals surface area contributed by atoms with Crippen molar-refractivity contribution in [3.8, 4) is 0 Å². The highest BCUT2D eigenvalue weighted by Gasteiger charge is 2.33. The Morgan fingerprint density at radius 1 is 1.59 bits per heavy atom. The zero-order valence-electron chi connectivity index (χ0n) is 10.3. The van der Waals surface area contributed by atoms with Gasteiger partial charge in [-0.25, -0.2) is 0 Å². The Kier molecular flexibility index (Phi) is 5.71. The average Bonchev–Trinajstić information content (AvgIpc) is 2.34. The minimum absolute atomic E-state index is 0.0260. The lowest BCUT2D eigenvalue weighted by molar-refractivity contribution is -0.146. The highest BCUT2D eigenvalue weighted by Crippen LogP contribution is 2.28. The zero-order chi connectivity index (χ0) is 12.8. The highest BCUT2D eigenvalue weighted by molar-refractivity contribution is 6.73. The van der Waals surface area contributed by atoms with E-state index in [9.17, 15) is 14.6 Å². The number of carbonyl (C=O) groups excluding carboxylic acids is 2. The minimum atomic E-state index is -0.721. The number of nitrogens with zero attached hydrogens (tertiary/aromatic N) is 1. The Hall–Kier alpha value is -0.810. The largest absolute Gasteiger partial charge is 0.469 e. The molecule has 1 rings (SSSR count).